The molecule has 0 saturated heterocycles. The van der Waals surface area contributed by atoms with Gasteiger partial charge in [-0.25, -0.2) is 4.98 Å². The fourth-order valence-electron chi connectivity index (χ4n) is 2.01. The second-order valence-corrected chi connectivity index (χ2v) is 4.70. The standard InChI is InChI=1S/C15H13N5O4/c1-23-15-10(3-2-5-17-15)14(22)18-8-12-19-13(20-24-12)9-4-6-16-11(21)7-9/h2-7H,8H2,1H3,(H,16,21)(H,18,22). The van der Waals surface area contributed by atoms with Crippen molar-refractivity contribution in [3.8, 4) is 17.3 Å². The lowest BCUT2D eigenvalue weighted by atomic mass is 10.2. The molecule has 3 aromatic heterocycles. The SMILES string of the molecule is COc1ncccc1C(=O)NCc1nc(-c2cc[nH]c(=O)c2)no1. The van der Waals surface area contributed by atoms with Crippen molar-refractivity contribution in [2.45, 2.75) is 6.54 Å². The molecule has 0 atom stereocenters. The van der Waals surface area contributed by atoms with E-state index >= 15 is 0 Å². The van der Waals surface area contributed by atoms with Crippen LogP contribution in [0.5, 0.6) is 5.88 Å². The van der Waals surface area contributed by atoms with Gasteiger partial charge in [0.2, 0.25) is 23.2 Å². The highest BCUT2D eigenvalue weighted by atomic mass is 16.5. The molecule has 9 heteroatoms. The van der Waals surface area contributed by atoms with Crippen molar-refractivity contribution < 1.29 is 14.1 Å². The van der Waals surface area contributed by atoms with Gasteiger partial charge in [-0.05, 0) is 18.2 Å². The van der Waals surface area contributed by atoms with E-state index in [0.717, 1.165) is 0 Å². The van der Waals surface area contributed by atoms with Crippen LogP contribution in [0.1, 0.15) is 16.2 Å². The number of methoxy groups -OCH3 is 1. The molecule has 0 bridgehead atoms. The van der Waals surface area contributed by atoms with Crippen molar-refractivity contribution >= 4 is 5.91 Å². The summed E-state index contributed by atoms with van der Waals surface area (Å²) in [6.45, 7) is 0.0348. The molecule has 0 aliphatic heterocycles. The van der Waals surface area contributed by atoms with Gasteiger partial charge in [-0.3, -0.25) is 9.59 Å². The number of carbonyl (C=O) groups is 1. The van der Waals surface area contributed by atoms with E-state index in [4.69, 9.17) is 9.26 Å². The van der Waals surface area contributed by atoms with Crippen LogP contribution in [0.2, 0.25) is 0 Å². The van der Waals surface area contributed by atoms with Crippen LogP contribution in [0.25, 0.3) is 11.4 Å². The van der Waals surface area contributed by atoms with E-state index in [1.165, 1.54) is 25.6 Å². The summed E-state index contributed by atoms with van der Waals surface area (Å²) in [7, 11) is 1.44. The molecule has 3 aromatic rings. The largest absolute Gasteiger partial charge is 0.480 e. The zero-order chi connectivity index (χ0) is 16.9. The van der Waals surface area contributed by atoms with Crippen LogP contribution in [0.4, 0.5) is 0 Å². The summed E-state index contributed by atoms with van der Waals surface area (Å²) in [5.41, 5.74) is 0.555. The number of H-pyrrole nitrogens is 1. The van der Waals surface area contributed by atoms with E-state index in [-0.39, 0.29) is 35.6 Å². The summed E-state index contributed by atoms with van der Waals surface area (Å²) in [5, 5.41) is 6.43. The minimum atomic E-state index is -0.379. The maximum atomic E-state index is 12.2. The second-order valence-electron chi connectivity index (χ2n) is 4.70. The molecular weight excluding hydrogens is 314 g/mol. The maximum Gasteiger partial charge on any atom is 0.257 e. The molecule has 3 heterocycles. The van der Waals surface area contributed by atoms with Gasteiger partial charge in [0.15, 0.2) is 0 Å². The van der Waals surface area contributed by atoms with Gasteiger partial charge in [-0.15, -0.1) is 0 Å². The van der Waals surface area contributed by atoms with Crippen LogP contribution in [0.3, 0.4) is 0 Å². The first-order valence-corrected chi connectivity index (χ1v) is 6.96. The molecule has 24 heavy (non-hydrogen) atoms. The third kappa shape index (κ3) is 3.29. The molecule has 0 aliphatic rings. The van der Waals surface area contributed by atoms with Crippen molar-refractivity contribution in [1.29, 1.82) is 0 Å². The number of carbonyl (C=O) groups excluding carboxylic acids is 1. The summed E-state index contributed by atoms with van der Waals surface area (Å²) in [4.78, 5) is 34.0. The molecule has 0 aliphatic carbocycles. The number of hydrogen-bond donors (Lipinski definition) is 2. The summed E-state index contributed by atoms with van der Waals surface area (Å²) >= 11 is 0. The van der Waals surface area contributed by atoms with Crippen molar-refractivity contribution in [1.82, 2.24) is 25.4 Å². The Labute approximate surface area is 135 Å². The molecule has 1 amide bonds. The fourth-order valence-corrected chi connectivity index (χ4v) is 2.01. The fraction of sp³-hybridized carbons (Fsp3) is 0.133. The van der Waals surface area contributed by atoms with Gasteiger partial charge >= 0.3 is 0 Å². The van der Waals surface area contributed by atoms with Crippen LogP contribution >= 0.6 is 0 Å². The zero-order valence-electron chi connectivity index (χ0n) is 12.6. The number of nitrogens with zero attached hydrogens (tertiary/aromatic N) is 3. The Hall–Kier alpha value is -3.49. The Bertz CT molecular complexity index is 918. The summed E-state index contributed by atoms with van der Waals surface area (Å²) in [5.74, 6) is 0.325. The van der Waals surface area contributed by atoms with E-state index < -0.39 is 0 Å². The van der Waals surface area contributed by atoms with Crippen LogP contribution in [0.15, 0.2) is 46.0 Å². The second kappa shape index (κ2) is 6.73. The molecular formula is C15H13N5O4. The molecule has 0 saturated carbocycles. The molecule has 3 rings (SSSR count). The Kier molecular flexibility index (Phi) is 4.32. The average molecular weight is 327 g/mol. The Morgan fingerprint density at radius 3 is 3.08 bits per heavy atom. The molecule has 0 spiro atoms. The lowest BCUT2D eigenvalue weighted by Gasteiger charge is -2.06. The minimum Gasteiger partial charge on any atom is -0.480 e. The summed E-state index contributed by atoms with van der Waals surface area (Å²) in [6, 6.07) is 6.23. The molecule has 0 fully saturated rings. The molecule has 0 unspecified atom stereocenters. The quantitative estimate of drug-likeness (QED) is 0.709. The average Bonchev–Trinajstić information content (AvgIpc) is 3.08. The normalized spacial score (nSPS) is 10.4. The van der Waals surface area contributed by atoms with E-state index in [1.807, 2.05) is 0 Å². The lowest BCUT2D eigenvalue weighted by molar-refractivity contribution is 0.0942. The monoisotopic (exact) mass is 327 g/mol. The molecule has 122 valence electrons. The Morgan fingerprint density at radius 2 is 2.29 bits per heavy atom. The topological polar surface area (TPSA) is 123 Å². The highest BCUT2D eigenvalue weighted by Gasteiger charge is 2.14. The van der Waals surface area contributed by atoms with E-state index in [2.05, 4.69) is 25.4 Å². The predicted octanol–water partition coefficient (Wildman–Crippen LogP) is 0.759. The third-order valence-corrected chi connectivity index (χ3v) is 3.11. The van der Waals surface area contributed by atoms with E-state index in [9.17, 15) is 9.59 Å². The number of rotatable bonds is 5. The predicted molar refractivity (Wildman–Crippen MR) is 82.3 cm³/mol. The zero-order valence-corrected chi connectivity index (χ0v) is 12.6. The lowest BCUT2D eigenvalue weighted by Crippen LogP contribution is -2.23. The maximum absolute atomic E-state index is 12.2. The Morgan fingerprint density at radius 1 is 1.42 bits per heavy atom. The molecule has 0 radical (unpaired) electrons. The minimum absolute atomic E-state index is 0.0348. The van der Waals surface area contributed by atoms with Crippen molar-refractivity contribution in [3.63, 3.8) is 0 Å². The number of nitrogens with one attached hydrogen (secondary N) is 2. The van der Waals surface area contributed by atoms with Crippen LogP contribution in [0, 0.1) is 0 Å². The van der Waals surface area contributed by atoms with Gasteiger partial charge in [-0.2, -0.15) is 4.98 Å². The Balaban J connectivity index is 1.69. The third-order valence-electron chi connectivity index (χ3n) is 3.11. The van der Waals surface area contributed by atoms with E-state index in [0.29, 0.717) is 11.1 Å². The van der Waals surface area contributed by atoms with Crippen molar-refractivity contribution in [2.75, 3.05) is 7.11 Å². The molecule has 0 aromatic carbocycles. The number of aromatic nitrogens is 4. The highest BCUT2D eigenvalue weighted by molar-refractivity contribution is 5.96. The van der Waals surface area contributed by atoms with Crippen LogP contribution in [-0.2, 0) is 6.54 Å². The first kappa shape index (κ1) is 15.4. The molecule has 9 nitrogen and oxygen atoms in total. The molecule has 2 N–H and O–H groups in total. The number of pyridine rings is 2. The smallest absolute Gasteiger partial charge is 0.257 e. The first-order valence-electron chi connectivity index (χ1n) is 6.96. The first-order chi connectivity index (χ1) is 11.7. The number of aromatic amines is 1. The van der Waals surface area contributed by atoms with Gasteiger partial charge < -0.3 is 19.6 Å². The van der Waals surface area contributed by atoms with E-state index in [1.54, 1.807) is 18.2 Å². The van der Waals surface area contributed by atoms with Crippen LogP contribution in [-0.4, -0.2) is 33.1 Å². The van der Waals surface area contributed by atoms with Gasteiger partial charge in [0.1, 0.15) is 5.56 Å². The summed E-state index contributed by atoms with van der Waals surface area (Å²) < 4.78 is 10.1. The number of amides is 1. The van der Waals surface area contributed by atoms with Gasteiger partial charge in [-0.1, -0.05) is 5.16 Å². The van der Waals surface area contributed by atoms with Crippen molar-refractivity contribution in [3.05, 3.63) is 58.5 Å². The van der Waals surface area contributed by atoms with Gasteiger partial charge in [0, 0.05) is 24.0 Å². The number of ether oxygens (including phenoxy) is 1. The van der Waals surface area contributed by atoms with Gasteiger partial charge in [0.05, 0.1) is 13.7 Å². The number of hydrogen-bond acceptors (Lipinski definition) is 7. The highest BCUT2D eigenvalue weighted by Crippen LogP contribution is 2.14. The van der Waals surface area contributed by atoms with Crippen LogP contribution < -0.4 is 15.6 Å². The van der Waals surface area contributed by atoms with Gasteiger partial charge in [0.25, 0.3) is 5.91 Å². The summed E-state index contributed by atoms with van der Waals surface area (Å²) in [6.07, 6.45) is 3.02. The van der Waals surface area contributed by atoms with Crippen molar-refractivity contribution in [2.24, 2.45) is 0 Å².